The fourth-order valence-electron chi connectivity index (χ4n) is 3.82. The summed E-state index contributed by atoms with van der Waals surface area (Å²) < 4.78 is 5.18. The molecule has 2 aliphatic carbocycles. The Morgan fingerprint density at radius 1 is 1.14 bits per heavy atom. The zero-order chi connectivity index (χ0) is 15.3. The van der Waals surface area contributed by atoms with Crippen molar-refractivity contribution in [1.29, 1.82) is 0 Å². The number of carboxylic acid groups (broad SMARTS) is 2. The fourth-order valence-corrected chi connectivity index (χ4v) is 3.82. The van der Waals surface area contributed by atoms with E-state index < -0.39 is 22.8 Å². The molecule has 5 heteroatoms. The fraction of sp³-hybridized carbons (Fsp3) is 0.375. The summed E-state index contributed by atoms with van der Waals surface area (Å²) in [6, 6.07) is 5.20. The highest BCUT2D eigenvalue weighted by atomic mass is 16.5. The second-order valence-electron chi connectivity index (χ2n) is 5.68. The number of carboxylic acids is 2. The van der Waals surface area contributed by atoms with Crippen LogP contribution in [0.1, 0.15) is 24.0 Å². The van der Waals surface area contributed by atoms with E-state index in [0.717, 1.165) is 5.56 Å². The highest BCUT2D eigenvalue weighted by Gasteiger charge is 2.66. The number of methoxy groups -OCH3 is 1. The number of allylic oxidation sites excluding steroid dienone is 2. The van der Waals surface area contributed by atoms with Gasteiger partial charge in [0.05, 0.1) is 12.5 Å². The Morgan fingerprint density at radius 2 is 1.86 bits per heavy atom. The molecule has 0 amide bonds. The van der Waals surface area contributed by atoms with Crippen LogP contribution in [-0.2, 0) is 21.4 Å². The summed E-state index contributed by atoms with van der Waals surface area (Å²) >= 11 is 0. The second kappa shape index (κ2) is 4.35. The number of hydrogen-bond donors (Lipinski definition) is 2. The summed E-state index contributed by atoms with van der Waals surface area (Å²) in [6.45, 7) is 0. The predicted octanol–water partition coefficient (Wildman–Crippen LogP) is 1.99. The van der Waals surface area contributed by atoms with Gasteiger partial charge in [-0.25, -0.2) is 0 Å². The first kappa shape index (κ1) is 13.7. The molecule has 0 radical (unpaired) electrons. The van der Waals surface area contributed by atoms with E-state index in [1.807, 2.05) is 0 Å². The van der Waals surface area contributed by atoms with Gasteiger partial charge in [0.25, 0.3) is 0 Å². The lowest BCUT2D eigenvalue weighted by molar-refractivity contribution is -0.165. The van der Waals surface area contributed by atoms with Crippen molar-refractivity contribution in [3.05, 3.63) is 41.5 Å². The Labute approximate surface area is 121 Å². The highest BCUT2D eigenvalue weighted by Crippen LogP contribution is 2.58. The first-order valence-corrected chi connectivity index (χ1v) is 6.77. The van der Waals surface area contributed by atoms with Crippen molar-refractivity contribution in [2.45, 2.75) is 24.7 Å². The standard InChI is InChI=1S/C16H16O5/c1-21-11-5-4-10-9-15(13(17)18)6-2-3-7-16(15,14(19)20)12(10)8-11/h2-5,8H,6-7,9H2,1H3,(H,17,18)(H,19,20)/t15-,16-/m0/s1. The lowest BCUT2D eigenvalue weighted by atomic mass is 9.58. The maximum atomic E-state index is 12.1. The molecule has 0 saturated heterocycles. The molecule has 0 aromatic heterocycles. The Morgan fingerprint density at radius 3 is 2.48 bits per heavy atom. The number of aliphatic carboxylic acids is 2. The van der Waals surface area contributed by atoms with Gasteiger partial charge in [-0.1, -0.05) is 18.2 Å². The molecular formula is C16H16O5. The van der Waals surface area contributed by atoms with Crippen molar-refractivity contribution in [1.82, 2.24) is 0 Å². The molecule has 21 heavy (non-hydrogen) atoms. The van der Waals surface area contributed by atoms with Crippen molar-refractivity contribution in [2.75, 3.05) is 7.11 Å². The topological polar surface area (TPSA) is 83.8 Å². The molecule has 2 atom stereocenters. The molecule has 5 nitrogen and oxygen atoms in total. The van der Waals surface area contributed by atoms with Crippen LogP contribution in [-0.4, -0.2) is 29.3 Å². The number of carbonyl (C=O) groups is 2. The van der Waals surface area contributed by atoms with Crippen LogP contribution >= 0.6 is 0 Å². The lowest BCUT2D eigenvalue weighted by Gasteiger charge is -2.41. The normalized spacial score (nSPS) is 29.6. The second-order valence-corrected chi connectivity index (χ2v) is 5.68. The van der Waals surface area contributed by atoms with Crippen molar-refractivity contribution in [3.63, 3.8) is 0 Å². The summed E-state index contributed by atoms with van der Waals surface area (Å²) in [5.41, 5.74) is -1.38. The monoisotopic (exact) mass is 288 g/mol. The Balaban J connectivity index is 2.32. The molecule has 0 unspecified atom stereocenters. The molecule has 3 rings (SSSR count). The van der Waals surface area contributed by atoms with E-state index in [-0.39, 0.29) is 19.3 Å². The van der Waals surface area contributed by atoms with E-state index in [4.69, 9.17) is 4.74 Å². The Hall–Kier alpha value is -2.30. The van der Waals surface area contributed by atoms with Gasteiger partial charge in [-0.3, -0.25) is 9.59 Å². The van der Waals surface area contributed by atoms with Gasteiger partial charge in [0.1, 0.15) is 11.2 Å². The van der Waals surface area contributed by atoms with Gasteiger partial charge in [-0.2, -0.15) is 0 Å². The van der Waals surface area contributed by atoms with Crippen molar-refractivity contribution in [2.24, 2.45) is 5.41 Å². The largest absolute Gasteiger partial charge is 0.497 e. The average Bonchev–Trinajstić information content (AvgIpc) is 2.79. The van der Waals surface area contributed by atoms with E-state index in [2.05, 4.69) is 0 Å². The number of benzene rings is 1. The van der Waals surface area contributed by atoms with Gasteiger partial charge in [0, 0.05) is 0 Å². The summed E-state index contributed by atoms with van der Waals surface area (Å²) in [4.78, 5) is 24.1. The van der Waals surface area contributed by atoms with Crippen LogP contribution in [0.4, 0.5) is 0 Å². The number of ether oxygens (including phenoxy) is 1. The van der Waals surface area contributed by atoms with Crippen LogP contribution in [0.25, 0.3) is 0 Å². The van der Waals surface area contributed by atoms with Gasteiger partial charge in [0.15, 0.2) is 0 Å². The molecule has 2 aliphatic rings. The minimum Gasteiger partial charge on any atom is -0.497 e. The minimum atomic E-state index is -1.42. The molecule has 0 heterocycles. The molecule has 0 spiro atoms. The molecule has 1 aromatic carbocycles. The van der Waals surface area contributed by atoms with Crippen LogP contribution in [0.5, 0.6) is 5.75 Å². The van der Waals surface area contributed by atoms with Gasteiger partial charge >= 0.3 is 11.9 Å². The maximum absolute atomic E-state index is 12.1. The Bertz CT molecular complexity index is 663. The third-order valence-electron chi connectivity index (χ3n) is 4.92. The van der Waals surface area contributed by atoms with Crippen molar-refractivity contribution in [3.8, 4) is 5.75 Å². The molecule has 0 saturated carbocycles. The van der Waals surface area contributed by atoms with Gasteiger partial charge in [-0.05, 0) is 42.5 Å². The summed E-state index contributed by atoms with van der Waals surface area (Å²) in [5, 5.41) is 19.7. The SMILES string of the molecule is COc1ccc2c(c1)[C@]1(C(=O)O)CC=CC[C@@]1(C(=O)O)C2. The predicted molar refractivity (Wildman–Crippen MR) is 74.5 cm³/mol. The molecular weight excluding hydrogens is 272 g/mol. The molecule has 0 aliphatic heterocycles. The number of fused-ring (bicyclic) bond motifs is 3. The summed E-state index contributed by atoms with van der Waals surface area (Å²) in [5.74, 6) is -1.59. The smallest absolute Gasteiger partial charge is 0.315 e. The van der Waals surface area contributed by atoms with Crippen LogP contribution in [0, 0.1) is 5.41 Å². The molecule has 2 N–H and O–H groups in total. The molecule has 110 valence electrons. The zero-order valence-electron chi connectivity index (χ0n) is 11.6. The van der Waals surface area contributed by atoms with Gasteiger partial charge in [-0.15, -0.1) is 0 Å². The van der Waals surface area contributed by atoms with E-state index >= 15 is 0 Å². The van der Waals surface area contributed by atoms with E-state index in [1.165, 1.54) is 7.11 Å². The summed E-state index contributed by atoms with van der Waals surface area (Å²) in [6.07, 6.45) is 4.20. The maximum Gasteiger partial charge on any atom is 0.315 e. The molecule has 0 bridgehead atoms. The number of rotatable bonds is 3. The van der Waals surface area contributed by atoms with Crippen LogP contribution in [0.2, 0.25) is 0 Å². The first-order valence-electron chi connectivity index (χ1n) is 6.77. The van der Waals surface area contributed by atoms with Gasteiger partial charge in [0.2, 0.25) is 0 Å². The van der Waals surface area contributed by atoms with Gasteiger partial charge < -0.3 is 14.9 Å². The quantitative estimate of drug-likeness (QED) is 0.831. The molecule has 1 aromatic rings. The van der Waals surface area contributed by atoms with Crippen LogP contribution in [0.15, 0.2) is 30.4 Å². The number of hydrogen-bond acceptors (Lipinski definition) is 3. The average molecular weight is 288 g/mol. The van der Waals surface area contributed by atoms with E-state index in [9.17, 15) is 19.8 Å². The Kier molecular flexibility index (Phi) is 2.83. The van der Waals surface area contributed by atoms with Crippen LogP contribution < -0.4 is 4.74 Å². The first-order chi connectivity index (χ1) is 9.98. The lowest BCUT2D eigenvalue weighted by Crippen LogP contribution is -2.54. The molecule has 0 fully saturated rings. The summed E-state index contributed by atoms with van der Waals surface area (Å²) in [7, 11) is 1.51. The van der Waals surface area contributed by atoms with E-state index in [1.54, 1.807) is 30.4 Å². The van der Waals surface area contributed by atoms with Crippen molar-refractivity contribution >= 4 is 11.9 Å². The zero-order valence-corrected chi connectivity index (χ0v) is 11.6. The minimum absolute atomic E-state index is 0.189. The van der Waals surface area contributed by atoms with Crippen molar-refractivity contribution < 1.29 is 24.5 Å². The third-order valence-corrected chi connectivity index (χ3v) is 4.92. The van der Waals surface area contributed by atoms with Crippen LogP contribution in [0.3, 0.4) is 0 Å². The highest BCUT2D eigenvalue weighted by molar-refractivity contribution is 5.95. The third kappa shape index (κ3) is 1.51. The van der Waals surface area contributed by atoms with E-state index in [0.29, 0.717) is 11.3 Å².